The highest BCUT2D eigenvalue weighted by Crippen LogP contribution is 2.33. The van der Waals surface area contributed by atoms with Crippen molar-refractivity contribution in [2.75, 3.05) is 60.6 Å². The maximum Gasteiger partial charge on any atom is 0.404 e. The highest BCUT2D eigenvalue weighted by atomic mass is 32.2. The molecule has 3 aromatic rings. The molecule has 42 heavy (non-hydrogen) atoms. The molecule has 4 heterocycles. The molecule has 0 bridgehead atoms. The van der Waals surface area contributed by atoms with Crippen LogP contribution in [-0.2, 0) is 14.8 Å². The summed E-state index contributed by atoms with van der Waals surface area (Å²) in [5, 5.41) is 14.8. The van der Waals surface area contributed by atoms with E-state index in [9.17, 15) is 13.2 Å². The van der Waals surface area contributed by atoms with Gasteiger partial charge in [0.1, 0.15) is 18.5 Å². The number of amides is 1. The number of hydrogen-bond donors (Lipinski definition) is 4. The third-order valence-electron chi connectivity index (χ3n) is 6.83. The number of sulfonamides is 1. The number of ether oxygens (including phenoxy) is 3. The Hall–Kier alpha value is -4.18. The Morgan fingerprint density at radius 3 is 2.52 bits per heavy atom. The summed E-state index contributed by atoms with van der Waals surface area (Å²) in [7, 11) is -3.47. The van der Waals surface area contributed by atoms with Crippen LogP contribution in [0.2, 0.25) is 0 Å². The molecule has 1 saturated carbocycles. The monoisotopic (exact) mass is 602 g/mol. The van der Waals surface area contributed by atoms with Gasteiger partial charge in [-0.1, -0.05) is 0 Å². The smallest absolute Gasteiger partial charge is 0.404 e. The lowest BCUT2D eigenvalue weighted by atomic mass is 9.93. The third kappa shape index (κ3) is 8.19. The highest BCUT2D eigenvalue weighted by Gasteiger charge is 2.25. The van der Waals surface area contributed by atoms with Crippen molar-refractivity contribution in [3.05, 3.63) is 30.7 Å². The number of nitrogens with zero attached hydrogens (tertiary/aromatic N) is 5. The second kappa shape index (κ2) is 13.2. The van der Waals surface area contributed by atoms with Crippen molar-refractivity contribution in [2.45, 2.75) is 37.8 Å². The zero-order chi connectivity index (χ0) is 29.5. The number of carbonyl (C=O) groups is 1. The van der Waals surface area contributed by atoms with Gasteiger partial charge in [0.05, 0.1) is 61.2 Å². The SMILES string of the molecule is CS(=O)(=O)Nc1cnc2cc(N3CCOCC3)nc(OC3CCC(Nc4ncc(OCCNC(=O)O)cn4)CC3)c2c1. The van der Waals surface area contributed by atoms with Crippen LogP contribution in [0, 0.1) is 0 Å². The van der Waals surface area contributed by atoms with E-state index in [2.05, 4.69) is 35.2 Å². The van der Waals surface area contributed by atoms with Crippen LogP contribution in [-0.4, -0.2) is 97.4 Å². The summed E-state index contributed by atoms with van der Waals surface area (Å²) < 4.78 is 43.5. The van der Waals surface area contributed by atoms with Gasteiger partial charge in [-0.25, -0.2) is 23.2 Å². The van der Waals surface area contributed by atoms with E-state index in [0.29, 0.717) is 60.5 Å². The van der Waals surface area contributed by atoms with Gasteiger partial charge in [0.2, 0.25) is 21.9 Å². The number of carboxylic acid groups (broad SMARTS) is 1. The Kier molecular flexibility index (Phi) is 9.22. The fourth-order valence-electron chi connectivity index (χ4n) is 4.85. The van der Waals surface area contributed by atoms with Crippen LogP contribution in [0.5, 0.6) is 11.6 Å². The lowest BCUT2D eigenvalue weighted by Crippen LogP contribution is -2.37. The first-order chi connectivity index (χ1) is 20.2. The first kappa shape index (κ1) is 29.3. The van der Waals surface area contributed by atoms with E-state index >= 15 is 0 Å². The molecule has 0 aromatic carbocycles. The summed E-state index contributed by atoms with van der Waals surface area (Å²) >= 11 is 0. The average molecular weight is 603 g/mol. The van der Waals surface area contributed by atoms with Crippen LogP contribution in [0.15, 0.2) is 30.7 Å². The van der Waals surface area contributed by atoms with Gasteiger partial charge in [0.15, 0.2) is 5.75 Å². The summed E-state index contributed by atoms with van der Waals surface area (Å²) in [5.74, 6) is 2.11. The van der Waals surface area contributed by atoms with E-state index in [1.54, 1.807) is 18.5 Å². The third-order valence-corrected chi connectivity index (χ3v) is 7.44. The summed E-state index contributed by atoms with van der Waals surface area (Å²) in [6.07, 6.45) is 7.69. The molecule has 16 heteroatoms. The zero-order valence-corrected chi connectivity index (χ0v) is 24.0. The highest BCUT2D eigenvalue weighted by molar-refractivity contribution is 7.92. The molecule has 4 N–H and O–H groups in total. The largest absolute Gasteiger partial charge is 0.489 e. The maximum absolute atomic E-state index is 11.8. The molecule has 2 aliphatic rings. The molecule has 1 aliphatic heterocycles. The van der Waals surface area contributed by atoms with E-state index < -0.39 is 16.1 Å². The van der Waals surface area contributed by atoms with Crippen molar-refractivity contribution in [2.24, 2.45) is 0 Å². The van der Waals surface area contributed by atoms with E-state index in [1.807, 2.05) is 6.07 Å². The summed E-state index contributed by atoms with van der Waals surface area (Å²) in [6, 6.07) is 3.75. The number of fused-ring (bicyclic) bond motifs is 1. The van der Waals surface area contributed by atoms with Crippen LogP contribution >= 0.6 is 0 Å². The Morgan fingerprint density at radius 1 is 1.10 bits per heavy atom. The van der Waals surface area contributed by atoms with Crippen LogP contribution in [0.4, 0.5) is 22.2 Å². The first-order valence-electron chi connectivity index (χ1n) is 13.7. The van der Waals surface area contributed by atoms with E-state index in [-0.39, 0.29) is 25.3 Å². The fourth-order valence-corrected chi connectivity index (χ4v) is 5.39. The number of hydrogen-bond acceptors (Lipinski definition) is 12. The van der Waals surface area contributed by atoms with E-state index in [0.717, 1.165) is 37.8 Å². The molecule has 3 aromatic heterocycles. The lowest BCUT2D eigenvalue weighted by Gasteiger charge is -2.31. The molecule has 0 unspecified atom stereocenters. The summed E-state index contributed by atoms with van der Waals surface area (Å²) in [6.45, 7) is 2.98. The Morgan fingerprint density at radius 2 is 1.83 bits per heavy atom. The molecule has 1 aliphatic carbocycles. The quantitative estimate of drug-likeness (QED) is 0.234. The van der Waals surface area contributed by atoms with Gasteiger partial charge in [0.25, 0.3) is 0 Å². The van der Waals surface area contributed by atoms with Crippen LogP contribution < -0.4 is 29.7 Å². The summed E-state index contributed by atoms with van der Waals surface area (Å²) in [5.41, 5.74) is 1.01. The minimum absolute atomic E-state index is 0.0821. The second-order valence-electron chi connectivity index (χ2n) is 10.1. The molecular formula is C26H34N8O7S. The number of nitrogens with one attached hydrogen (secondary N) is 3. The predicted molar refractivity (Wildman–Crippen MR) is 155 cm³/mol. The van der Waals surface area contributed by atoms with Crippen molar-refractivity contribution in [3.8, 4) is 11.6 Å². The van der Waals surface area contributed by atoms with Gasteiger partial charge in [-0.2, -0.15) is 4.98 Å². The number of rotatable bonds is 11. The van der Waals surface area contributed by atoms with Gasteiger partial charge in [0, 0.05) is 25.2 Å². The molecule has 0 radical (unpaired) electrons. The van der Waals surface area contributed by atoms with Gasteiger partial charge in [-0.15, -0.1) is 0 Å². The number of morpholine rings is 1. The Labute approximate surface area is 243 Å². The minimum atomic E-state index is -3.47. The predicted octanol–water partition coefficient (Wildman–Crippen LogP) is 2.08. The molecule has 2 fully saturated rings. The standard InChI is InChI=1S/C26H34N8O7S/c1-42(37,38)33-18-12-21-22(28-14-18)13-23(34-7-10-39-11-8-34)32-24(21)41-19-4-2-17(3-5-19)31-25-29-15-20(16-30-25)40-9-6-27-26(35)36/h12-17,19,27,33H,2-11H2,1H3,(H,35,36)(H,29,30,31). The van der Waals surface area contributed by atoms with Crippen LogP contribution in [0.25, 0.3) is 10.9 Å². The number of pyridine rings is 2. The Bertz CT molecular complexity index is 1480. The van der Waals surface area contributed by atoms with Crippen LogP contribution in [0.3, 0.4) is 0 Å². The normalized spacial score (nSPS) is 19.2. The van der Waals surface area contributed by atoms with Gasteiger partial charge in [-0.3, -0.25) is 9.71 Å². The molecule has 1 amide bonds. The minimum Gasteiger partial charge on any atom is -0.489 e. The maximum atomic E-state index is 11.8. The molecule has 5 rings (SSSR count). The van der Waals surface area contributed by atoms with Crippen molar-refractivity contribution in [3.63, 3.8) is 0 Å². The number of aromatic nitrogens is 4. The molecule has 0 spiro atoms. The second-order valence-corrected chi connectivity index (χ2v) is 11.9. The van der Waals surface area contributed by atoms with Gasteiger partial charge in [-0.05, 0) is 31.7 Å². The molecular weight excluding hydrogens is 568 g/mol. The number of anilines is 3. The molecule has 0 atom stereocenters. The molecule has 1 saturated heterocycles. The average Bonchev–Trinajstić information content (AvgIpc) is 2.97. The van der Waals surface area contributed by atoms with Crippen LogP contribution in [0.1, 0.15) is 25.7 Å². The zero-order valence-electron chi connectivity index (χ0n) is 23.2. The first-order valence-corrected chi connectivity index (χ1v) is 15.6. The van der Waals surface area contributed by atoms with Crippen molar-refractivity contribution in [1.82, 2.24) is 25.3 Å². The molecule has 15 nitrogen and oxygen atoms in total. The van der Waals surface area contributed by atoms with Gasteiger partial charge < -0.3 is 34.9 Å². The van der Waals surface area contributed by atoms with E-state index in [1.165, 1.54) is 6.20 Å². The fraction of sp³-hybridized carbons (Fsp3) is 0.500. The van der Waals surface area contributed by atoms with Gasteiger partial charge >= 0.3 is 6.09 Å². The molecule has 226 valence electrons. The van der Waals surface area contributed by atoms with Crippen molar-refractivity contribution >= 4 is 44.5 Å². The van der Waals surface area contributed by atoms with Crippen molar-refractivity contribution < 1.29 is 32.5 Å². The van der Waals surface area contributed by atoms with E-state index in [4.69, 9.17) is 24.3 Å². The van der Waals surface area contributed by atoms with Crippen molar-refractivity contribution in [1.29, 1.82) is 0 Å². The Balaban J connectivity index is 1.22. The summed E-state index contributed by atoms with van der Waals surface area (Å²) in [4.78, 5) is 30.6. The topological polar surface area (TPSA) is 190 Å². The lowest BCUT2D eigenvalue weighted by molar-refractivity contribution is 0.122.